The molecule has 0 atom stereocenters. The van der Waals surface area contributed by atoms with Crippen LogP contribution in [0.4, 0.5) is 14.9 Å². The molecule has 3 amide bonds. The first-order chi connectivity index (χ1) is 22.8. The molecule has 11 heteroatoms. The number of thiophene rings is 1. The number of halogens is 2. The van der Waals surface area contributed by atoms with Crippen molar-refractivity contribution in [2.24, 2.45) is 0 Å². The second-order valence-corrected chi connectivity index (χ2v) is 14.2. The average Bonchev–Trinajstić information content (AvgIpc) is 3.41. The number of anilines is 1. The molecule has 1 heterocycles. The topological polar surface area (TPSA) is 79.4 Å². The van der Waals surface area contributed by atoms with Crippen molar-refractivity contribution in [1.29, 1.82) is 0 Å². The summed E-state index contributed by atoms with van der Waals surface area (Å²) in [4.78, 5) is 43.5. The fourth-order valence-corrected chi connectivity index (χ4v) is 7.20. The van der Waals surface area contributed by atoms with E-state index in [1.54, 1.807) is 55.5 Å². The second kappa shape index (κ2) is 16.3. The van der Waals surface area contributed by atoms with Crippen molar-refractivity contribution in [2.45, 2.75) is 64.1 Å². The Morgan fingerprint density at radius 3 is 2.31 bits per heavy atom. The van der Waals surface area contributed by atoms with Crippen LogP contribution in [0.15, 0.2) is 73.0 Å². The van der Waals surface area contributed by atoms with Crippen molar-refractivity contribution in [3.63, 3.8) is 0 Å². The number of benzene rings is 2. The minimum Gasteiger partial charge on any atom is -0.504 e. The van der Waals surface area contributed by atoms with Crippen molar-refractivity contribution >= 4 is 62.7 Å². The van der Waals surface area contributed by atoms with Crippen molar-refractivity contribution in [2.75, 3.05) is 32.6 Å². The number of carbonyl (C=O) groups is 3. The van der Waals surface area contributed by atoms with Gasteiger partial charge in [-0.25, -0.2) is 9.18 Å². The molecule has 0 saturated heterocycles. The average molecular weight is 696 g/mol. The summed E-state index contributed by atoms with van der Waals surface area (Å²) in [7, 11) is 5.01. The summed E-state index contributed by atoms with van der Waals surface area (Å²) in [6.07, 6.45) is 12.2. The summed E-state index contributed by atoms with van der Waals surface area (Å²) in [5, 5.41) is 0.376. The van der Waals surface area contributed by atoms with E-state index in [0.717, 1.165) is 23.2 Å². The van der Waals surface area contributed by atoms with E-state index in [1.165, 1.54) is 22.3 Å². The Bertz CT molecular complexity index is 1690. The maximum Gasteiger partial charge on any atom is 0.410 e. The molecule has 2 aromatic carbocycles. The van der Waals surface area contributed by atoms with E-state index in [9.17, 15) is 18.8 Å². The van der Waals surface area contributed by atoms with Crippen molar-refractivity contribution in [3.8, 4) is 0 Å². The van der Waals surface area contributed by atoms with Gasteiger partial charge in [-0.3, -0.25) is 9.59 Å². The smallest absolute Gasteiger partial charge is 0.410 e. The highest BCUT2D eigenvalue weighted by Gasteiger charge is 2.34. The number of methoxy groups -OCH3 is 1. The van der Waals surface area contributed by atoms with Crippen molar-refractivity contribution in [3.05, 3.63) is 94.3 Å². The summed E-state index contributed by atoms with van der Waals surface area (Å²) >= 11 is 7.86. The summed E-state index contributed by atoms with van der Waals surface area (Å²) < 4.78 is 26.0. The predicted octanol–water partition coefficient (Wildman–Crippen LogP) is 8.71. The first-order valence-corrected chi connectivity index (χ1v) is 17.0. The number of fused-ring (bicyclic) bond motifs is 1. The number of allylic oxidation sites excluding steroid dienone is 4. The van der Waals surface area contributed by atoms with E-state index in [4.69, 9.17) is 21.1 Å². The molecule has 0 aliphatic heterocycles. The van der Waals surface area contributed by atoms with Gasteiger partial charge in [-0.05, 0) is 87.9 Å². The monoisotopic (exact) mass is 695 g/mol. The molecule has 4 rings (SSSR count). The lowest BCUT2D eigenvalue weighted by atomic mass is 9.89. The molecule has 3 aromatic rings. The maximum atomic E-state index is 14.7. The summed E-state index contributed by atoms with van der Waals surface area (Å²) in [6, 6.07) is 12.1. The fourth-order valence-electron chi connectivity index (χ4n) is 5.69. The molecule has 1 fully saturated rings. The van der Waals surface area contributed by atoms with Crippen LogP contribution in [0.2, 0.25) is 5.02 Å². The van der Waals surface area contributed by atoms with Crippen LogP contribution >= 0.6 is 22.9 Å². The van der Waals surface area contributed by atoms with Gasteiger partial charge in [0.15, 0.2) is 0 Å². The third-order valence-electron chi connectivity index (χ3n) is 8.25. The second-order valence-electron chi connectivity index (χ2n) is 12.7. The van der Waals surface area contributed by atoms with Crippen LogP contribution in [-0.2, 0) is 14.3 Å². The molecule has 1 saturated carbocycles. The Morgan fingerprint density at radius 2 is 1.71 bits per heavy atom. The third kappa shape index (κ3) is 9.05. The summed E-state index contributed by atoms with van der Waals surface area (Å²) in [5.74, 6) is -0.727. The number of hydrogen-bond acceptors (Lipinski definition) is 6. The van der Waals surface area contributed by atoms with Gasteiger partial charge in [0.25, 0.3) is 5.91 Å². The van der Waals surface area contributed by atoms with Crippen LogP contribution in [0, 0.1) is 5.82 Å². The molecule has 1 aromatic heterocycles. The van der Waals surface area contributed by atoms with Gasteiger partial charge in [-0.2, -0.15) is 0 Å². The van der Waals surface area contributed by atoms with Gasteiger partial charge in [-0.15, -0.1) is 11.3 Å². The summed E-state index contributed by atoms with van der Waals surface area (Å²) in [6.45, 7) is 5.80. The van der Waals surface area contributed by atoms with E-state index in [-0.39, 0.29) is 41.0 Å². The van der Waals surface area contributed by atoms with Crippen LogP contribution in [0.25, 0.3) is 15.7 Å². The van der Waals surface area contributed by atoms with Gasteiger partial charge in [-0.1, -0.05) is 48.0 Å². The lowest BCUT2D eigenvalue weighted by molar-refractivity contribution is -0.107. The minimum atomic E-state index is -0.596. The zero-order valence-electron chi connectivity index (χ0n) is 28.2. The number of ether oxygens (including phenoxy) is 2. The van der Waals surface area contributed by atoms with Crippen LogP contribution in [0.5, 0.6) is 0 Å². The highest BCUT2D eigenvalue weighted by molar-refractivity contribution is 7.21. The lowest BCUT2D eigenvalue weighted by Gasteiger charge is -2.39. The zero-order valence-corrected chi connectivity index (χ0v) is 29.8. The molecule has 0 spiro atoms. The van der Waals surface area contributed by atoms with Crippen molar-refractivity contribution < 1.29 is 28.2 Å². The summed E-state index contributed by atoms with van der Waals surface area (Å²) in [5.41, 5.74) is 1.93. The number of carbonyl (C=O) groups excluding carboxylic acids is 3. The maximum absolute atomic E-state index is 14.7. The molecular formula is C37H43ClFN3O5S. The first-order valence-electron chi connectivity index (χ1n) is 15.8. The van der Waals surface area contributed by atoms with Gasteiger partial charge < -0.3 is 24.2 Å². The van der Waals surface area contributed by atoms with Gasteiger partial charge >= 0.3 is 6.09 Å². The number of rotatable bonds is 11. The zero-order chi connectivity index (χ0) is 35.0. The normalized spacial score (nSPS) is 17.1. The third-order valence-corrected chi connectivity index (χ3v) is 9.89. The minimum absolute atomic E-state index is 0.0195. The molecule has 0 bridgehead atoms. The fraction of sp³-hybridized carbons (Fsp3) is 0.378. The molecular weight excluding hydrogens is 653 g/mol. The van der Waals surface area contributed by atoms with Crippen LogP contribution in [0.3, 0.4) is 0 Å². The standard InChI is InChI=1S/C37H43ClFN3O5S/c1-37(2,3)47-36(45)41(5)28-18-20-29(21-19-28)42(35(44)34-33(38)32-30(39)12-7-13-31(32)48-34)22-8-10-25(11-9-23-46-6)26-14-16-27(17-15-26)40(4)24-43/h7-17,23-24,28-29H,18-22H2,1-6H3/b10-8+,23-9+,25-11+. The Morgan fingerprint density at radius 1 is 1.04 bits per heavy atom. The van der Waals surface area contributed by atoms with Gasteiger partial charge in [0.2, 0.25) is 6.41 Å². The predicted molar refractivity (Wildman–Crippen MR) is 192 cm³/mol. The van der Waals surface area contributed by atoms with E-state index >= 15 is 0 Å². The van der Waals surface area contributed by atoms with Crippen LogP contribution in [0.1, 0.15) is 61.7 Å². The van der Waals surface area contributed by atoms with E-state index in [2.05, 4.69) is 0 Å². The SMILES string of the molecule is CO/C=C/C=C(\C=C\CN(C(=O)c1sc2cccc(F)c2c1Cl)C1CCC(N(C)C(=O)OC(C)(C)C)CC1)c1ccc(N(C)C=O)cc1. The number of nitrogens with zero attached hydrogens (tertiary/aromatic N) is 3. The molecule has 1 aliphatic rings. The van der Waals surface area contributed by atoms with E-state index in [1.807, 2.05) is 63.3 Å². The Kier molecular flexibility index (Phi) is 12.5. The Hall–Kier alpha value is -4.15. The molecule has 0 unspecified atom stereocenters. The molecule has 48 heavy (non-hydrogen) atoms. The van der Waals surface area contributed by atoms with E-state index < -0.39 is 11.4 Å². The van der Waals surface area contributed by atoms with Crippen LogP contribution in [-0.4, -0.2) is 73.6 Å². The lowest BCUT2D eigenvalue weighted by Crippen LogP contribution is -2.47. The van der Waals surface area contributed by atoms with Gasteiger partial charge in [0.05, 0.1) is 18.4 Å². The van der Waals surface area contributed by atoms with E-state index in [0.29, 0.717) is 35.3 Å². The molecule has 0 radical (unpaired) electrons. The molecule has 1 aliphatic carbocycles. The van der Waals surface area contributed by atoms with Crippen molar-refractivity contribution in [1.82, 2.24) is 9.80 Å². The first kappa shape index (κ1) is 36.7. The van der Waals surface area contributed by atoms with Gasteiger partial charge in [0.1, 0.15) is 16.3 Å². The number of amides is 3. The van der Waals surface area contributed by atoms with Crippen LogP contribution < -0.4 is 4.90 Å². The quantitative estimate of drug-likeness (QED) is 0.114. The largest absolute Gasteiger partial charge is 0.504 e. The molecule has 256 valence electrons. The number of hydrogen-bond donors (Lipinski definition) is 0. The highest BCUT2D eigenvalue weighted by Crippen LogP contribution is 2.39. The Balaban J connectivity index is 1.61. The Labute approximate surface area is 291 Å². The molecule has 8 nitrogen and oxygen atoms in total. The molecule has 0 N–H and O–H groups in total. The van der Waals surface area contributed by atoms with Gasteiger partial charge in [0, 0.05) is 48.5 Å². The highest BCUT2D eigenvalue weighted by atomic mass is 35.5.